The second-order valence-corrected chi connectivity index (χ2v) is 5.60. The molecule has 1 aliphatic carbocycles. The van der Waals surface area contributed by atoms with Crippen molar-refractivity contribution in [2.75, 3.05) is 0 Å². The summed E-state index contributed by atoms with van der Waals surface area (Å²) in [5, 5.41) is 4.22. The molecule has 17 heavy (non-hydrogen) atoms. The van der Waals surface area contributed by atoms with Gasteiger partial charge in [-0.3, -0.25) is 0 Å². The first-order valence-electron chi connectivity index (χ1n) is 6.03. The zero-order valence-corrected chi connectivity index (χ0v) is 10.3. The van der Waals surface area contributed by atoms with Gasteiger partial charge in [0.1, 0.15) is 0 Å². The van der Waals surface area contributed by atoms with Crippen molar-refractivity contribution < 1.29 is 0 Å². The van der Waals surface area contributed by atoms with Gasteiger partial charge in [-0.25, -0.2) is 0 Å². The van der Waals surface area contributed by atoms with E-state index in [-0.39, 0.29) is 0 Å². The van der Waals surface area contributed by atoms with Crippen LogP contribution in [-0.4, -0.2) is 0 Å². The minimum atomic E-state index is 1.19. The summed E-state index contributed by atoms with van der Waals surface area (Å²) >= 11 is 1.94. The van der Waals surface area contributed by atoms with Gasteiger partial charge in [-0.05, 0) is 40.6 Å². The molecule has 0 nitrogen and oxygen atoms in total. The molecule has 0 amide bonds. The Kier molecular flexibility index (Phi) is 1.91. The average Bonchev–Trinajstić information content (AvgIpc) is 2.78. The third-order valence-corrected chi connectivity index (χ3v) is 4.79. The van der Waals surface area contributed by atoms with Gasteiger partial charge >= 0.3 is 0 Å². The predicted molar refractivity (Wildman–Crippen MR) is 76.7 cm³/mol. The molecule has 0 radical (unpaired) electrons. The van der Waals surface area contributed by atoms with Gasteiger partial charge in [0.25, 0.3) is 0 Å². The van der Waals surface area contributed by atoms with Crippen molar-refractivity contribution in [3.05, 3.63) is 52.9 Å². The molecule has 0 N–H and O–H groups in total. The van der Waals surface area contributed by atoms with Crippen LogP contribution in [0.4, 0.5) is 0 Å². The van der Waals surface area contributed by atoms with E-state index in [1.54, 1.807) is 5.56 Å². The molecule has 0 unspecified atom stereocenters. The van der Waals surface area contributed by atoms with Crippen molar-refractivity contribution in [1.29, 1.82) is 0 Å². The maximum Gasteiger partial charge on any atom is 0.0430 e. The number of hydrogen-bond acceptors (Lipinski definition) is 1. The highest BCUT2D eigenvalue weighted by Crippen LogP contribution is 2.39. The van der Waals surface area contributed by atoms with Gasteiger partial charge < -0.3 is 0 Å². The van der Waals surface area contributed by atoms with E-state index in [0.29, 0.717) is 0 Å². The third kappa shape index (κ3) is 1.29. The van der Waals surface area contributed by atoms with Crippen LogP contribution in [0.2, 0.25) is 0 Å². The van der Waals surface area contributed by atoms with Gasteiger partial charge in [0.15, 0.2) is 0 Å². The topological polar surface area (TPSA) is 0 Å². The summed E-state index contributed by atoms with van der Waals surface area (Å²) in [6.07, 6.45) is 6.97. The van der Waals surface area contributed by atoms with Crippen LogP contribution in [0.15, 0.2) is 42.5 Å². The second-order valence-electron chi connectivity index (χ2n) is 4.55. The number of rotatable bonds is 0. The Morgan fingerprint density at radius 1 is 0.941 bits per heavy atom. The number of hydrogen-bond donors (Lipinski definition) is 0. The van der Waals surface area contributed by atoms with E-state index >= 15 is 0 Å². The molecule has 1 heterocycles. The van der Waals surface area contributed by atoms with Crippen molar-refractivity contribution in [3.8, 4) is 0 Å². The fraction of sp³-hybridized carbons (Fsp3) is 0.125. The first-order valence-corrected chi connectivity index (χ1v) is 6.85. The van der Waals surface area contributed by atoms with E-state index in [1.807, 2.05) is 11.3 Å². The van der Waals surface area contributed by atoms with E-state index in [0.717, 1.165) is 0 Å². The molecule has 0 bridgehead atoms. The van der Waals surface area contributed by atoms with Crippen molar-refractivity contribution >= 4 is 38.3 Å². The van der Waals surface area contributed by atoms with E-state index in [4.69, 9.17) is 0 Å². The van der Waals surface area contributed by atoms with Crippen molar-refractivity contribution in [2.24, 2.45) is 0 Å². The summed E-state index contributed by atoms with van der Waals surface area (Å²) in [6.45, 7) is 0. The van der Waals surface area contributed by atoms with Crippen LogP contribution < -0.4 is 0 Å². The largest absolute Gasteiger partial charge is 0.135 e. The van der Waals surface area contributed by atoms with Gasteiger partial charge in [-0.15, -0.1) is 11.3 Å². The number of aryl methyl sites for hydroxylation is 1. The van der Waals surface area contributed by atoms with Gasteiger partial charge in [0.2, 0.25) is 0 Å². The third-order valence-electron chi connectivity index (χ3n) is 3.54. The fourth-order valence-corrected chi connectivity index (χ4v) is 4.02. The average molecular weight is 236 g/mol. The maximum absolute atomic E-state index is 2.30. The highest BCUT2D eigenvalue weighted by molar-refractivity contribution is 7.21. The van der Waals surface area contributed by atoms with E-state index < -0.39 is 0 Å². The Hall–Kier alpha value is -1.60. The summed E-state index contributed by atoms with van der Waals surface area (Å²) in [6, 6.07) is 13.2. The monoisotopic (exact) mass is 236 g/mol. The standard InChI is InChI=1S/C16H12S/c1-2-6-12-11(5-1)9-10-14-13-7-3-4-8-15(13)17-16(12)14/h1-2,4-6,8-10H,3,7H2. The Morgan fingerprint density at radius 3 is 2.88 bits per heavy atom. The Morgan fingerprint density at radius 2 is 1.88 bits per heavy atom. The van der Waals surface area contributed by atoms with E-state index in [9.17, 15) is 0 Å². The zero-order valence-electron chi connectivity index (χ0n) is 9.44. The molecule has 0 fully saturated rings. The van der Waals surface area contributed by atoms with Crippen molar-refractivity contribution in [3.63, 3.8) is 0 Å². The lowest BCUT2D eigenvalue weighted by Crippen LogP contribution is -1.88. The van der Waals surface area contributed by atoms with Crippen LogP contribution in [0.3, 0.4) is 0 Å². The summed E-state index contributed by atoms with van der Waals surface area (Å²) in [5.74, 6) is 0. The molecule has 2 aromatic carbocycles. The molecule has 3 aromatic rings. The van der Waals surface area contributed by atoms with Crippen LogP contribution in [0, 0.1) is 0 Å². The zero-order chi connectivity index (χ0) is 11.2. The molecule has 0 spiro atoms. The van der Waals surface area contributed by atoms with Gasteiger partial charge in [0, 0.05) is 9.58 Å². The van der Waals surface area contributed by atoms with Gasteiger partial charge in [0.05, 0.1) is 0 Å². The lowest BCUT2D eigenvalue weighted by atomic mass is 9.99. The predicted octanol–water partition coefficient (Wildman–Crippen LogP) is 5.01. The number of benzene rings is 2. The highest BCUT2D eigenvalue weighted by Gasteiger charge is 2.13. The van der Waals surface area contributed by atoms with Crippen molar-refractivity contribution in [1.82, 2.24) is 0 Å². The quantitative estimate of drug-likeness (QED) is 0.514. The molecule has 0 atom stereocenters. The molecular weight excluding hydrogens is 224 g/mol. The minimum Gasteiger partial charge on any atom is -0.135 e. The van der Waals surface area contributed by atoms with Crippen LogP contribution in [0.5, 0.6) is 0 Å². The second kappa shape index (κ2) is 3.44. The Labute approximate surface area is 104 Å². The summed E-state index contributed by atoms with van der Waals surface area (Å²) in [5.41, 5.74) is 1.55. The maximum atomic E-state index is 2.30. The molecule has 82 valence electrons. The Balaban J connectivity index is 2.21. The fourth-order valence-electron chi connectivity index (χ4n) is 2.71. The van der Waals surface area contributed by atoms with E-state index in [2.05, 4.69) is 48.6 Å². The molecular formula is C16H12S. The summed E-state index contributed by atoms with van der Waals surface area (Å²) < 4.78 is 1.46. The highest BCUT2D eigenvalue weighted by atomic mass is 32.1. The normalized spacial score (nSPS) is 14.4. The molecule has 1 aromatic heterocycles. The summed E-state index contributed by atoms with van der Waals surface area (Å²) in [4.78, 5) is 1.46. The first kappa shape index (κ1) is 9.43. The van der Waals surface area contributed by atoms with Crippen LogP contribution >= 0.6 is 11.3 Å². The molecule has 0 saturated heterocycles. The summed E-state index contributed by atoms with van der Waals surface area (Å²) in [7, 11) is 0. The van der Waals surface area contributed by atoms with Crippen molar-refractivity contribution in [2.45, 2.75) is 12.8 Å². The smallest absolute Gasteiger partial charge is 0.0430 e. The van der Waals surface area contributed by atoms with Crippen LogP contribution in [-0.2, 0) is 6.42 Å². The lowest BCUT2D eigenvalue weighted by molar-refractivity contribution is 1.01. The molecule has 4 rings (SSSR count). The van der Waals surface area contributed by atoms with E-state index in [1.165, 1.54) is 38.6 Å². The molecule has 0 saturated carbocycles. The lowest BCUT2D eigenvalue weighted by Gasteiger charge is -2.04. The number of fused-ring (bicyclic) bond motifs is 5. The van der Waals surface area contributed by atoms with Crippen LogP contribution in [0.25, 0.3) is 26.9 Å². The molecule has 1 aliphatic rings. The minimum absolute atomic E-state index is 1.19. The molecule has 1 heteroatoms. The SMILES string of the molecule is C1=Cc2sc3c(ccc4ccccc43)c2CC1. The number of allylic oxidation sites excluding steroid dienone is 1. The van der Waals surface area contributed by atoms with Gasteiger partial charge in [-0.2, -0.15) is 0 Å². The van der Waals surface area contributed by atoms with Crippen LogP contribution in [0.1, 0.15) is 16.9 Å². The van der Waals surface area contributed by atoms with Gasteiger partial charge in [-0.1, -0.05) is 42.5 Å². The number of thiophene rings is 1. The molecule has 0 aliphatic heterocycles. The first-order chi connectivity index (χ1) is 8.43. The Bertz CT molecular complexity index is 747.